The highest BCUT2D eigenvalue weighted by atomic mass is 32.1. The molecule has 1 saturated heterocycles. The standard InChI is InChI=1S/C27H31FN2O2S/c1-29(27(31)26-11-6-16-33-26)25(18-22-8-3-4-10-24(22)28)21-12-14-30(15-13-21)19-20-7-5-9-23(17-20)32-2/h3-11,16-17,21,25H,12-15,18-19H2,1-2H3/t25-/m0/s1. The monoisotopic (exact) mass is 466 g/mol. The molecule has 6 heteroatoms. The maximum atomic E-state index is 14.5. The summed E-state index contributed by atoms with van der Waals surface area (Å²) < 4.78 is 19.9. The van der Waals surface area contributed by atoms with Crippen molar-refractivity contribution in [3.05, 3.63) is 87.9 Å². The van der Waals surface area contributed by atoms with E-state index in [4.69, 9.17) is 4.74 Å². The van der Waals surface area contributed by atoms with Crippen LogP contribution in [0, 0.1) is 11.7 Å². The zero-order chi connectivity index (χ0) is 23.2. The number of benzene rings is 2. The number of amides is 1. The minimum absolute atomic E-state index is 0.0187. The molecule has 0 saturated carbocycles. The quantitative estimate of drug-likeness (QED) is 0.440. The van der Waals surface area contributed by atoms with Gasteiger partial charge in [0.25, 0.3) is 5.91 Å². The fraction of sp³-hybridized carbons (Fsp3) is 0.370. The van der Waals surface area contributed by atoms with E-state index in [9.17, 15) is 9.18 Å². The van der Waals surface area contributed by atoms with Crippen LogP contribution in [0.1, 0.15) is 33.6 Å². The molecule has 0 radical (unpaired) electrons. The fourth-order valence-corrected chi connectivity index (χ4v) is 5.46. The van der Waals surface area contributed by atoms with E-state index >= 15 is 0 Å². The molecule has 4 rings (SSSR count). The number of methoxy groups -OCH3 is 1. The largest absolute Gasteiger partial charge is 0.497 e. The summed E-state index contributed by atoms with van der Waals surface area (Å²) in [5.74, 6) is 1.02. The van der Waals surface area contributed by atoms with Gasteiger partial charge in [-0.25, -0.2) is 4.39 Å². The van der Waals surface area contributed by atoms with Crippen molar-refractivity contribution < 1.29 is 13.9 Å². The van der Waals surface area contributed by atoms with Crippen molar-refractivity contribution in [1.82, 2.24) is 9.80 Å². The Morgan fingerprint density at radius 1 is 1.15 bits per heavy atom. The first kappa shape index (κ1) is 23.5. The number of hydrogen-bond acceptors (Lipinski definition) is 4. The Balaban J connectivity index is 1.46. The lowest BCUT2D eigenvalue weighted by atomic mass is 9.84. The summed E-state index contributed by atoms with van der Waals surface area (Å²) in [6.45, 7) is 2.79. The topological polar surface area (TPSA) is 32.8 Å². The summed E-state index contributed by atoms with van der Waals surface area (Å²) >= 11 is 1.45. The van der Waals surface area contributed by atoms with Crippen molar-refractivity contribution in [2.24, 2.45) is 5.92 Å². The van der Waals surface area contributed by atoms with Gasteiger partial charge in [0.1, 0.15) is 11.6 Å². The number of carbonyl (C=O) groups is 1. The maximum absolute atomic E-state index is 14.5. The van der Waals surface area contributed by atoms with Crippen LogP contribution in [0.25, 0.3) is 0 Å². The Morgan fingerprint density at radius 2 is 1.94 bits per heavy atom. The van der Waals surface area contributed by atoms with Gasteiger partial charge in [0, 0.05) is 19.6 Å². The van der Waals surface area contributed by atoms with Gasteiger partial charge in [-0.15, -0.1) is 11.3 Å². The first-order valence-electron chi connectivity index (χ1n) is 11.4. The molecule has 4 nitrogen and oxygen atoms in total. The summed E-state index contributed by atoms with van der Waals surface area (Å²) in [4.78, 5) is 18.2. The third kappa shape index (κ3) is 5.81. The molecule has 174 valence electrons. The van der Waals surface area contributed by atoms with E-state index in [2.05, 4.69) is 17.0 Å². The second kappa shape index (κ2) is 10.9. The minimum atomic E-state index is -0.199. The number of nitrogens with zero attached hydrogens (tertiary/aromatic N) is 2. The van der Waals surface area contributed by atoms with Crippen LogP contribution in [0.15, 0.2) is 66.0 Å². The van der Waals surface area contributed by atoms with E-state index in [-0.39, 0.29) is 17.8 Å². The van der Waals surface area contributed by atoms with Crippen LogP contribution < -0.4 is 4.74 Å². The van der Waals surface area contributed by atoms with E-state index in [1.807, 2.05) is 53.7 Å². The van der Waals surface area contributed by atoms with E-state index in [1.54, 1.807) is 13.2 Å². The lowest BCUT2D eigenvalue weighted by molar-refractivity contribution is 0.0588. The predicted octanol–water partition coefficient (Wildman–Crippen LogP) is 5.49. The molecule has 0 unspecified atom stereocenters. The minimum Gasteiger partial charge on any atom is -0.497 e. The molecule has 3 aromatic rings. The fourth-order valence-electron chi connectivity index (χ4n) is 4.76. The molecule has 1 aliphatic heterocycles. The maximum Gasteiger partial charge on any atom is 0.263 e. The molecule has 0 aliphatic carbocycles. The van der Waals surface area contributed by atoms with Crippen LogP contribution in [0.4, 0.5) is 4.39 Å². The number of rotatable bonds is 8. The van der Waals surface area contributed by atoms with E-state index in [1.165, 1.54) is 23.0 Å². The molecular weight excluding hydrogens is 435 g/mol. The second-order valence-electron chi connectivity index (χ2n) is 8.72. The highest BCUT2D eigenvalue weighted by molar-refractivity contribution is 7.12. The third-order valence-electron chi connectivity index (χ3n) is 6.65. The van der Waals surface area contributed by atoms with Crippen molar-refractivity contribution in [2.75, 3.05) is 27.2 Å². The number of carbonyl (C=O) groups excluding carboxylic acids is 1. The number of hydrogen-bond donors (Lipinski definition) is 0. The molecule has 33 heavy (non-hydrogen) atoms. The smallest absolute Gasteiger partial charge is 0.263 e. The Morgan fingerprint density at radius 3 is 2.64 bits per heavy atom. The SMILES string of the molecule is COc1cccc(CN2CCC([C@H](Cc3ccccc3F)N(C)C(=O)c3cccs3)CC2)c1. The molecule has 1 aromatic heterocycles. The van der Waals surface area contributed by atoms with Crippen LogP contribution in [-0.4, -0.2) is 49.0 Å². The Bertz CT molecular complexity index is 1050. The van der Waals surface area contributed by atoms with Gasteiger partial charge in [0.05, 0.1) is 12.0 Å². The van der Waals surface area contributed by atoms with Gasteiger partial charge in [0.15, 0.2) is 0 Å². The van der Waals surface area contributed by atoms with Gasteiger partial charge >= 0.3 is 0 Å². The first-order valence-corrected chi connectivity index (χ1v) is 12.3. The van der Waals surface area contributed by atoms with Crippen LogP contribution >= 0.6 is 11.3 Å². The summed E-state index contributed by atoms with van der Waals surface area (Å²) in [6.07, 6.45) is 2.48. The summed E-state index contributed by atoms with van der Waals surface area (Å²) in [6, 6.07) is 18.8. The van der Waals surface area contributed by atoms with Gasteiger partial charge in [-0.3, -0.25) is 9.69 Å². The normalized spacial score (nSPS) is 15.8. The van der Waals surface area contributed by atoms with Crippen molar-refractivity contribution in [3.63, 3.8) is 0 Å². The number of likely N-dealkylation sites (tertiary alicyclic amines) is 1. The lowest BCUT2D eigenvalue weighted by Crippen LogP contribution is -2.47. The molecular formula is C27H31FN2O2S. The van der Waals surface area contributed by atoms with Gasteiger partial charge in [-0.2, -0.15) is 0 Å². The number of piperidine rings is 1. The zero-order valence-corrected chi connectivity index (χ0v) is 20.1. The van der Waals surface area contributed by atoms with Crippen molar-refractivity contribution in [1.29, 1.82) is 0 Å². The highest BCUT2D eigenvalue weighted by Gasteiger charge is 2.32. The number of thiophene rings is 1. The Hall–Kier alpha value is -2.70. The summed E-state index contributed by atoms with van der Waals surface area (Å²) in [5.41, 5.74) is 1.91. The number of halogens is 1. The zero-order valence-electron chi connectivity index (χ0n) is 19.2. The molecule has 1 fully saturated rings. The van der Waals surface area contributed by atoms with Gasteiger partial charge in [0.2, 0.25) is 0 Å². The molecule has 0 spiro atoms. The lowest BCUT2D eigenvalue weighted by Gasteiger charge is -2.40. The first-order chi connectivity index (χ1) is 16.0. The molecule has 2 heterocycles. The van der Waals surface area contributed by atoms with E-state index < -0.39 is 0 Å². The number of ether oxygens (including phenoxy) is 1. The van der Waals surface area contributed by atoms with Gasteiger partial charge in [-0.05, 0) is 79.0 Å². The molecule has 2 aromatic carbocycles. The van der Waals surface area contributed by atoms with E-state index in [0.29, 0.717) is 17.9 Å². The molecule has 1 amide bonds. The molecule has 0 N–H and O–H groups in total. The molecule has 0 bridgehead atoms. The van der Waals surface area contributed by atoms with Gasteiger partial charge < -0.3 is 9.64 Å². The molecule has 1 aliphatic rings. The summed E-state index contributed by atoms with van der Waals surface area (Å²) in [5, 5.41) is 1.92. The second-order valence-corrected chi connectivity index (χ2v) is 9.67. The van der Waals surface area contributed by atoms with Crippen LogP contribution in [0.5, 0.6) is 5.75 Å². The highest BCUT2D eigenvalue weighted by Crippen LogP contribution is 2.29. The Kier molecular flexibility index (Phi) is 7.78. The van der Waals surface area contributed by atoms with Crippen molar-refractivity contribution >= 4 is 17.2 Å². The third-order valence-corrected chi connectivity index (χ3v) is 7.51. The average molecular weight is 467 g/mol. The molecule has 1 atom stereocenters. The van der Waals surface area contributed by atoms with Gasteiger partial charge in [-0.1, -0.05) is 36.4 Å². The van der Waals surface area contributed by atoms with Crippen LogP contribution in [0.3, 0.4) is 0 Å². The Labute approximate surface area is 199 Å². The average Bonchev–Trinajstić information content (AvgIpc) is 3.38. The van der Waals surface area contributed by atoms with Crippen molar-refractivity contribution in [2.45, 2.75) is 31.8 Å². The number of likely N-dealkylation sites (N-methyl/N-ethyl adjacent to an activating group) is 1. The van der Waals surface area contributed by atoms with Crippen molar-refractivity contribution in [3.8, 4) is 5.75 Å². The summed E-state index contributed by atoms with van der Waals surface area (Å²) in [7, 11) is 3.56. The predicted molar refractivity (Wildman–Crippen MR) is 131 cm³/mol. The van der Waals surface area contributed by atoms with Crippen LogP contribution in [-0.2, 0) is 13.0 Å². The van der Waals surface area contributed by atoms with Crippen LogP contribution in [0.2, 0.25) is 0 Å². The van der Waals surface area contributed by atoms with E-state index in [0.717, 1.165) is 43.1 Å².